The molecule has 4 aromatic rings. The van der Waals surface area contributed by atoms with Crippen LogP contribution in [0.2, 0.25) is 0 Å². The van der Waals surface area contributed by atoms with Gasteiger partial charge in [0.15, 0.2) is 11.5 Å². The summed E-state index contributed by atoms with van der Waals surface area (Å²) in [4.78, 5) is 17.5. The number of aromatic nitrogens is 2. The van der Waals surface area contributed by atoms with E-state index in [1.165, 1.54) is 0 Å². The van der Waals surface area contributed by atoms with Gasteiger partial charge >= 0.3 is 0 Å². The van der Waals surface area contributed by atoms with Gasteiger partial charge in [0.2, 0.25) is 0 Å². The Kier molecular flexibility index (Phi) is 6.75. The fourth-order valence-electron chi connectivity index (χ4n) is 3.59. The second kappa shape index (κ2) is 9.87. The van der Waals surface area contributed by atoms with Crippen molar-refractivity contribution in [3.05, 3.63) is 88.7 Å². The van der Waals surface area contributed by atoms with Crippen molar-refractivity contribution in [3.8, 4) is 11.5 Å². The molecule has 1 amide bonds. The van der Waals surface area contributed by atoms with Crippen molar-refractivity contribution in [1.29, 1.82) is 0 Å². The van der Waals surface area contributed by atoms with E-state index >= 15 is 0 Å². The Morgan fingerprint density at radius 2 is 1.72 bits per heavy atom. The van der Waals surface area contributed by atoms with Crippen LogP contribution >= 0.6 is 15.9 Å². The van der Waals surface area contributed by atoms with Crippen LogP contribution in [0.25, 0.3) is 11.0 Å². The zero-order chi connectivity index (χ0) is 22.5. The summed E-state index contributed by atoms with van der Waals surface area (Å²) in [5.74, 6) is 2.02. The second-order valence-corrected chi connectivity index (χ2v) is 8.23. The summed E-state index contributed by atoms with van der Waals surface area (Å²) in [6, 6.07) is 22.5. The molecule has 1 unspecified atom stereocenters. The van der Waals surface area contributed by atoms with E-state index in [1.807, 2.05) is 67.6 Å². The molecule has 1 N–H and O–H groups in total. The van der Waals surface area contributed by atoms with Crippen molar-refractivity contribution in [2.24, 2.45) is 0 Å². The molecule has 7 heteroatoms. The van der Waals surface area contributed by atoms with Crippen LogP contribution in [-0.4, -0.2) is 29.2 Å². The Labute approximate surface area is 195 Å². The first-order valence-electron chi connectivity index (χ1n) is 10.3. The van der Waals surface area contributed by atoms with Gasteiger partial charge in [0.1, 0.15) is 12.4 Å². The van der Waals surface area contributed by atoms with Gasteiger partial charge in [-0.3, -0.25) is 4.79 Å². The third-order valence-corrected chi connectivity index (χ3v) is 5.70. The highest BCUT2D eigenvalue weighted by Gasteiger charge is 2.19. The van der Waals surface area contributed by atoms with Gasteiger partial charge in [-0.05, 0) is 55.5 Å². The fraction of sp³-hybridized carbons (Fsp3) is 0.200. The van der Waals surface area contributed by atoms with Crippen LogP contribution < -0.4 is 14.8 Å². The zero-order valence-electron chi connectivity index (χ0n) is 17.9. The van der Waals surface area contributed by atoms with E-state index in [-0.39, 0.29) is 11.9 Å². The van der Waals surface area contributed by atoms with Crippen LogP contribution in [0.5, 0.6) is 11.5 Å². The number of rotatable bonds is 8. The molecule has 0 saturated heterocycles. The highest BCUT2D eigenvalue weighted by Crippen LogP contribution is 2.26. The minimum absolute atomic E-state index is 0.145. The molecule has 0 fully saturated rings. The van der Waals surface area contributed by atoms with Crippen LogP contribution in [-0.2, 0) is 6.54 Å². The first kappa shape index (κ1) is 21.9. The van der Waals surface area contributed by atoms with Crippen molar-refractivity contribution in [2.75, 3.05) is 13.7 Å². The Balaban J connectivity index is 1.54. The Hall–Kier alpha value is -3.32. The van der Waals surface area contributed by atoms with E-state index in [1.54, 1.807) is 19.2 Å². The number of amides is 1. The summed E-state index contributed by atoms with van der Waals surface area (Å²) >= 11 is 3.40. The van der Waals surface area contributed by atoms with Crippen molar-refractivity contribution >= 4 is 32.9 Å². The first-order chi connectivity index (χ1) is 15.6. The second-order valence-electron chi connectivity index (χ2n) is 7.31. The maximum absolute atomic E-state index is 12.7. The molecular formula is C25H24BrN3O3. The Morgan fingerprint density at radius 1 is 1.03 bits per heavy atom. The van der Waals surface area contributed by atoms with Gasteiger partial charge in [0.05, 0.1) is 30.7 Å². The van der Waals surface area contributed by atoms with Gasteiger partial charge in [0, 0.05) is 10.0 Å². The van der Waals surface area contributed by atoms with Gasteiger partial charge in [-0.2, -0.15) is 0 Å². The third-order valence-electron chi connectivity index (χ3n) is 5.17. The third kappa shape index (κ3) is 4.78. The molecule has 0 aliphatic heterocycles. The van der Waals surface area contributed by atoms with Gasteiger partial charge in [-0.25, -0.2) is 4.98 Å². The Bertz CT molecular complexity index is 1220. The molecule has 1 heterocycles. The summed E-state index contributed by atoms with van der Waals surface area (Å²) < 4.78 is 14.4. The average molecular weight is 494 g/mol. The SMILES string of the molecule is COc1ccccc1OCCn1c(C(C)NC(=O)c2ccc(Br)cc2)nc2ccccc21. The predicted octanol–water partition coefficient (Wildman–Crippen LogP) is 5.38. The number of nitrogens with one attached hydrogen (secondary N) is 1. The summed E-state index contributed by atoms with van der Waals surface area (Å²) in [5, 5.41) is 3.06. The lowest BCUT2D eigenvalue weighted by atomic mass is 10.2. The maximum atomic E-state index is 12.7. The van der Waals surface area contributed by atoms with Crippen LogP contribution in [0.15, 0.2) is 77.3 Å². The normalized spacial score (nSPS) is 11.8. The maximum Gasteiger partial charge on any atom is 0.251 e. The Morgan fingerprint density at radius 3 is 2.47 bits per heavy atom. The van der Waals surface area contributed by atoms with Crippen molar-refractivity contribution in [2.45, 2.75) is 19.5 Å². The summed E-state index contributed by atoms with van der Waals surface area (Å²) in [7, 11) is 1.62. The molecule has 0 bridgehead atoms. The number of carbonyl (C=O) groups excluding carboxylic acids is 1. The number of para-hydroxylation sites is 4. The predicted molar refractivity (Wildman–Crippen MR) is 128 cm³/mol. The molecule has 0 aliphatic rings. The number of hydrogen-bond acceptors (Lipinski definition) is 4. The fourth-order valence-corrected chi connectivity index (χ4v) is 3.85. The van der Waals surface area contributed by atoms with Gasteiger partial charge < -0.3 is 19.4 Å². The zero-order valence-corrected chi connectivity index (χ0v) is 19.5. The molecule has 32 heavy (non-hydrogen) atoms. The smallest absolute Gasteiger partial charge is 0.251 e. The van der Waals surface area contributed by atoms with Crippen molar-refractivity contribution in [1.82, 2.24) is 14.9 Å². The van der Waals surface area contributed by atoms with E-state index in [0.717, 1.165) is 21.3 Å². The number of carbonyl (C=O) groups is 1. The van der Waals surface area contributed by atoms with Crippen molar-refractivity contribution < 1.29 is 14.3 Å². The number of methoxy groups -OCH3 is 1. The van der Waals surface area contributed by atoms with E-state index in [9.17, 15) is 4.79 Å². The van der Waals surface area contributed by atoms with Crippen LogP contribution in [0, 0.1) is 0 Å². The van der Waals surface area contributed by atoms with E-state index < -0.39 is 0 Å². The average Bonchev–Trinajstić information content (AvgIpc) is 3.18. The number of fused-ring (bicyclic) bond motifs is 1. The molecule has 0 saturated carbocycles. The number of imidazole rings is 1. The molecule has 164 valence electrons. The topological polar surface area (TPSA) is 65.4 Å². The lowest BCUT2D eigenvalue weighted by Gasteiger charge is -2.17. The number of hydrogen-bond donors (Lipinski definition) is 1. The van der Waals surface area contributed by atoms with Crippen LogP contribution in [0.1, 0.15) is 29.1 Å². The van der Waals surface area contributed by atoms with Crippen LogP contribution in [0.3, 0.4) is 0 Å². The first-order valence-corrected chi connectivity index (χ1v) is 11.1. The molecule has 1 atom stereocenters. The highest BCUT2D eigenvalue weighted by molar-refractivity contribution is 9.10. The summed E-state index contributed by atoms with van der Waals surface area (Å²) in [6.07, 6.45) is 0. The molecule has 4 rings (SSSR count). The van der Waals surface area contributed by atoms with Gasteiger partial charge in [0.25, 0.3) is 5.91 Å². The van der Waals surface area contributed by atoms with Gasteiger partial charge in [-0.1, -0.05) is 40.2 Å². The number of halogens is 1. The molecule has 0 aliphatic carbocycles. The minimum atomic E-state index is -0.287. The minimum Gasteiger partial charge on any atom is -0.493 e. The largest absolute Gasteiger partial charge is 0.493 e. The lowest BCUT2D eigenvalue weighted by molar-refractivity contribution is 0.0937. The number of nitrogens with zero attached hydrogens (tertiary/aromatic N) is 2. The summed E-state index contributed by atoms with van der Waals surface area (Å²) in [6.45, 7) is 2.95. The molecule has 1 aromatic heterocycles. The van der Waals surface area contributed by atoms with Gasteiger partial charge in [-0.15, -0.1) is 0 Å². The molecular weight excluding hydrogens is 470 g/mol. The molecule has 3 aromatic carbocycles. The van der Waals surface area contributed by atoms with E-state index in [4.69, 9.17) is 14.5 Å². The molecule has 0 radical (unpaired) electrons. The number of ether oxygens (including phenoxy) is 2. The van der Waals surface area contributed by atoms with Crippen LogP contribution in [0.4, 0.5) is 0 Å². The van der Waals surface area contributed by atoms with E-state index in [0.29, 0.717) is 30.2 Å². The van der Waals surface area contributed by atoms with Crippen molar-refractivity contribution in [3.63, 3.8) is 0 Å². The quantitative estimate of drug-likeness (QED) is 0.358. The summed E-state index contributed by atoms with van der Waals surface area (Å²) in [5.41, 5.74) is 2.47. The standard InChI is InChI=1S/C25H24BrN3O3/c1-17(27-25(30)18-11-13-19(26)14-12-18)24-28-20-7-3-4-8-21(20)29(24)15-16-32-23-10-6-5-9-22(23)31-2/h3-14,17H,15-16H2,1-2H3,(H,27,30). The monoisotopic (exact) mass is 493 g/mol. The highest BCUT2D eigenvalue weighted by atomic mass is 79.9. The molecule has 0 spiro atoms. The van der Waals surface area contributed by atoms with E-state index in [2.05, 4.69) is 25.8 Å². The lowest BCUT2D eigenvalue weighted by Crippen LogP contribution is -2.29. The number of benzene rings is 3. The molecule has 6 nitrogen and oxygen atoms in total.